The first-order chi connectivity index (χ1) is 9.99. The molecule has 0 saturated heterocycles. The summed E-state index contributed by atoms with van der Waals surface area (Å²) in [6.07, 6.45) is 2.51. The third-order valence-electron chi connectivity index (χ3n) is 4.06. The van der Waals surface area contributed by atoms with Gasteiger partial charge in [0, 0.05) is 18.5 Å². The van der Waals surface area contributed by atoms with Crippen LogP contribution in [0.5, 0.6) is 0 Å². The lowest BCUT2D eigenvalue weighted by Crippen LogP contribution is -2.40. The molecule has 2 N–H and O–H groups in total. The normalized spacial score (nSPS) is 21.2. The summed E-state index contributed by atoms with van der Waals surface area (Å²) in [6, 6.07) is -0.168. The molecule has 2 amide bonds. The van der Waals surface area contributed by atoms with Gasteiger partial charge in [0.1, 0.15) is 0 Å². The van der Waals surface area contributed by atoms with Gasteiger partial charge in [-0.2, -0.15) is 0 Å². The fraction of sp³-hybridized carbons (Fsp3) is 0.643. The second-order valence-electron chi connectivity index (χ2n) is 5.54. The number of amides is 2. The number of carbonyl (C=O) groups is 2. The van der Waals surface area contributed by atoms with E-state index in [-0.39, 0.29) is 17.9 Å². The molecule has 1 fully saturated rings. The lowest BCUT2D eigenvalue weighted by Gasteiger charge is -2.21. The van der Waals surface area contributed by atoms with Crippen molar-refractivity contribution in [2.24, 2.45) is 11.8 Å². The van der Waals surface area contributed by atoms with Crippen molar-refractivity contribution in [2.45, 2.75) is 32.7 Å². The second-order valence-corrected chi connectivity index (χ2v) is 6.48. The van der Waals surface area contributed by atoms with Crippen molar-refractivity contribution in [3.05, 3.63) is 16.1 Å². The largest absolute Gasteiger partial charge is 0.481 e. The second kappa shape index (κ2) is 6.89. The van der Waals surface area contributed by atoms with Crippen LogP contribution in [-0.2, 0) is 11.3 Å². The van der Waals surface area contributed by atoms with E-state index >= 15 is 0 Å². The highest BCUT2D eigenvalue weighted by atomic mass is 32.1. The molecule has 0 bridgehead atoms. The van der Waals surface area contributed by atoms with Gasteiger partial charge in [0.25, 0.3) is 0 Å². The first-order valence-electron chi connectivity index (χ1n) is 7.09. The summed E-state index contributed by atoms with van der Waals surface area (Å²) in [6.45, 7) is 2.88. The summed E-state index contributed by atoms with van der Waals surface area (Å²) in [5.41, 5.74) is 2.72. The van der Waals surface area contributed by atoms with E-state index in [4.69, 9.17) is 5.11 Å². The molecule has 0 aromatic carbocycles. The molecule has 1 aromatic heterocycles. The molecular formula is C14H21N3O3S. The zero-order chi connectivity index (χ0) is 15.4. The molecule has 21 heavy (non-hydrogen) atoms. The topological polar surface area (TPSA) is 82.5 Å². The number of hydrogen-bond donors (Lipinski definition) is 2. The Balaban J connectivity index is 1.81. The molecule has 1 aromatic rings. The molecule has 2 atom stereocenters. The number of hydrogen-bond acceptors (Lipinski definition) is 4. The number of aryl methyl sites for hydroxylation is 1. The highest BCUT2D eigenvalue weighted by Gasteiger charge is 2.33. The number of carboxylic acid groups (broad SMARTS) is 1. The van der Waals surface area contributed by atoms with Crippen LogP contribution in [0.15, 0.2) is 5.51 Å². The van der Waals surface area contributed by atoms with Crippen molar-refractivity contribution in [3.8, 4) is 0 Å². The average Bonchev–Trinajstić information content (AvgIpc) is 3.05. The first-order valence-corrected chi connectivity index (χ1v) is 7.97. The molecule has 116 valence electrons. The maximum absolute atomic E-state index is 12.1. The molecular weight excluding hydrogens is 290 g/mol. The van der Waals surface area contributed by atoms with Crippen molar-refractivity contribution in [2.75, 3.05) is 13.6 Å². The average molecular weight is 311 g/mol. The van der Waals surface area contributed by atoms with Crippen LogP contribution >= 0.6 is 11.3 Å². The predicted molar refractivity (Wildman–Crippen MR) is 80.2 cm³/mol. The molecule has 7 heteroatoms. The summed E-state index contributed by atoms with van der Waals surface area (Å²) in [7, 11) is 1.73. The van der Waals surface area contributed by atoms with Gasteiger partial charge >= 0.3 is 12.0 Å². The summed E-state index contributed by atoms with van der Waals surface area (Å²) in [5.74, 6) is -1.02. The number of aromatic nitrogens is 1. The Labute approximate surface area is 128 Å². The van der Waals surface area contributed by atoms with Crippen LogP contribution in [0.3, 0.4) is 0 Å². The van der Waals surface area contributed by atoms with Gasteiger partial charge in [-0.15, -0.1) is 11.3 Å². The standard InChI is InChI=1S/C14H21N3O3S/c1-9-12(21-8-16-9)7-17(2)14(20)15-6-10-4-3-5-11(10)13(18)19/h8,10-11H,3-7H2,1-2H3,(H,15,20)(H,18,19). The number of urea groups is 1. The van der Waals surface area contributed by atoms with Gasteiger partial charge in [-0.1, -0.05) is 6.42 Å². The third kappa shape index (κ3) is 3.93. The Morgan fingerprint density at radius 1 is 1.52 bits per heavy atom. The van der Waals surface area contributed by atoms with Gasteiger partial charge in [-0.25, -0.2) is 9.78 Å². The Bertz CT molecular complexity index is 517. The Hall–Kier alpha value is -1.63. The minimum Gasteiger partial charge on any atom is -0.481 e. The van der Waals surface area contributed by atoms with Crippen molar-refractivity contribution in [1.29, 1.82) is 0 Å². The number of nitrogens with one attached hydrogen (secondary N) is 1. The van der Waals surface area contributed by atoms with Crippen molar-refractivity contribution < 1.29 is 14.7 Å². The smallest absolute Gasteiger partial charge is 0.317 e. The van der Waals surface area contributed by atoms with Gasteiger partial charge in [0.15, 0.2) is 0 Å². The van der Waals surface area contributed by atoms with Crippen LogP contribution in [0.2, 0.25) is 0 Å². The Morgan fingerprint density at radius 2 is 2.29 bits per heavy atom. The van der Waals surface area contributed by atoms with Crippen LogP contribution in [0.25, 0.3) is 0 Å². The maximum atomic E-state index is 12.1. The molecule has 1 heterocycles. The Kier molecular flexibility index (Phi) is 5.17. The van der Waals surface area contributed by atoms with Gasteiger partial charge in [-0.05, 0) is 25.7 Å². The lowest BCUT2D eigenvalue weighted by molar-refractivity contribution is -0.142. The Morgan fingerprint density at radius 3 is 2.90 bits per heavy atom. The minimum atomic E-state index is -0.750. The van der Waals surface area contributed by atoms with E-state index in [1.807, 2.05) is 6.92 Å². The maximum Gasteiger partial charge on any atom is 0.317 e. The first kappa shape index (κ1) is 15.8. The number of nitrogens with zero attached hydrogens (tertiary/aromatic N) is 2. The van der Waals surface area contributed by atoms with Gasteiger partial charge in [0.05, 0.1) is 23.7 Å². The molecule has 1 saturated carbocycles. The van der Waals surface area contributed by atoms with E-state index in [2.05, 4.69) is 10.3 Å². The summed E-state index contributed by atoms with van der Waals surface area (Å²) < 4.78 is 0. The molecule has 1 aliphatic rings. The van der Waals surface area contributed by atoms with Gasteiger partial charge in [0.2, 0.25) is 0 Å². The van der Waals surface area contributed by atoms with Crippen LogP contribution in [0.1, 0.15) is 29.8 Å². The lowest BCUT2D eigenvalue weighted by atomic mass is 9.96. The van der Waals surface area contributed by atoms with E-state index in [0.717, 1.165) is 23.4 Å². The van der Waals surface area contributed by atoms with Crippen molar-refractivity contribution >= 4 is 23.3 Å². The zero-order valence-electron chi connectivity index (χ0n) is 12.3. The molecule has 0 aliphatic heterocycles. The number of carboxylic acids is 1. The fourth-order valence-electron chi connectivity index (χ4n) is 2.72. The van der Waals surface area contributed by atoms with Gasteiger partial charge < -0.3 is 15.3 Å². The fourth-order valence-corrected chi connectivity index (χ4v) is 3.55. The molecule has 1 aliphatic carbocycles. The predicted octanol–water partition coefficient (Wildman–Crippen LogP) is 2.09. The van der Waals surface area contributed by atoms with Crippen LogP contribution in [0.4, 0.5) is 4.79 Å². The number of thiazole rings is 1. The van der Waals surface area contributed by atoms with Gasteiger partial charge in [-0.3, -0.25) is 4.79 Å². The number of rotatable bonds is 5. The van der Waals surface area contributed by atoms with Crippen molar-refractivity contribution in [1.82, 2.24) is 15.2 Å². The SMILES string of the molecule is Cc1ncsc1CN(C)C(=O)NCC1CCCC1C(=O)O. The van der Waals surface area contributed by atoms with Crippen LogP contribution in [0, 0.1) is 18.8 Å². The summed E-state index contributed by atoms with van der Waals surface area (Å²) >= 11 is 1.53. The number of aliphatic carboxylic acids is 1. The monoisotopic (exact) mass is 311 g/mol. The van der Waals surface area contributed by atoms with E-state index < -0.39 is 5.97 Å². The summed E-state index contributed by atoms with van der Waals surface area (Å²) in [4.78, 5) is 30.0. The zero-order valence-corrected chi connectivity index (χ0v) is 13.2. The van der Waals surface area contributed by atoms with E-state index in [1.54, 1.807) is 17.5 Å². The molecule has 2 rings (SSSR count). The number of carbonyl (C=O) groups excluding carboxylic acids is 1. The van der Waals surface area contributed by atoms with E-state index in [0.29, 0.717) is 19.5 Å². The highest BCUT2D eigenvalue weighted by Crippen LogP contribution is 2.31. The molecule has 0 radical (unpaired) electrons. The highest BCUT2D eigenvalue weighted by molar-refractivity contribution is 7.09. The molecule has 0 spiro atoms. The summed E-state index contributed by atoms with van der Waals surface area (Å²) in [5, 5.41) is 12.0. The van der Waals surface area contributed by atoms with Crippen LogP contribution in [-0.4, -0.2) is 40.6 Å². The minimum absolute atomic E-state index is 0.0463. The van der Waals surface area contributed by atoms with Crippen molar-refractivity contribution in [3.63, 3.8) is 0 Å². The molecule has 6 nitrogen and oxygen atoms in total. The molecule has 2 unspecified atom stereocenters. The third-order valence-corrected chi connectivity index (χ3v) is 4.98. The van der Waals surface area contributed by atoms with E-state index in [9.17, 15) is 9.59 Å². The quantitative estimate of drug-likeness (QED) is 0.872. The van der Waals surface area contributed by atoms with Crippen LogP contribution < -0.4 is 5.32 Å². The van der Waals surface area contributed by atoms with E-state index in [1.165, 1.54) is 11.3 Å².